The first-order valence-corrected chi connectivity index (χ1v) is 8.22. The van der Waals surface area contributed by atoms with Crippen LogP contribution in [0, 0.1) is 0 Å². The van der Waals surface area contributed by atoms with Gasteiger partial charge in [-0.2, -0.15) is 5.10 Å². The van der Waals surface area contributed by atoms with Gasteiger partial charge in [0.25, 0.3) is 0 Å². The highest BCUT2D eigenvalue weighted by Crippen LogP contribution is 2.29. The minimum absolute atomic E-state index is 0.0612. The van der Waals surface area contributed by atoms with Crippen LogP contribution in [-0.4, -0.2) is 45.1 Å². The van der Waals surface area contributed by atoms with Crippen molar-refractivity contribution >= 4 is 17.7 Å². The van der Waals surface area contributed by atoms with E-state index < -0.39 is 0 Å². The molecule has 1 aromatic rings. The molecule has 1 aromatic heterocycles. The van der Waals surface area contributed by atoms with Gasteiger partial charge in [-0.15, -0.1) is 11.8 Å². The Hall–Kier alpha value is -1.05. The van der Waals surface area contributed by atoms with Crippen molar-refractivity contribution in [1.82, 2.24) is 20.4 Å². The van der Waals surface area contributed by atoms with Crippen molar-refractivity contribution in [3.05, 3.63) is 17.5 Å². The Labute approximate surface area is 122 Å². The van der Waals surface area contributed by atoms with Crippen LogP contribution in [0.25, 0.3) is 0 Å². The van der Waals surface area contributed by atoms with Crippen LogP contribution in [0.2, 0.25) is 0 Å². The molecule has 0 saturated carbocycles. The van der Waals surface area contributed by atoms with E-state index in [2.05, 4.69) is 15.7 Å². The van der Waals surface area contributed by atoms with Crippen LogP contribution in [0.15, 0.2) is 6.20 Å². The van der Waals surface area contributed by atoms with Gasteiger partial charge in [0.05, 0.1) is 31.4 Å². The zero-order valence-electron chi connectivity index (χ0n) is 11.3. The average Bonchev–Trinajstić information content (AvgIpc) is 3.09. The largest absolute Gasteiger partial charge is 0.394 e. The molecule has 6 nitrogen and oxygen atoms in total. The highest BCUT2D eigenvalue weighted by Gasteiger charge is 2.29. The third kappa shape index (κ3) is 2.70. The van der Waals surface area contributed by atoms with Crippen molar-refractivity contribution in [1.29, 1.82) is 0 Å². The molecule has 1 aliphatic carbocycles. The fourth-order valence-corrected chi connectivity index (χ4v) is 3.83. The minimum atomic E-state index is -0.0714. The standard InChI is InChI=1S/C13H20N4O2S/c18-5-4-17-12-3-1-2-10(9(12)6-15-17)16-13(19)11-7-20-8-14-11/h6,10-11,14,18H,1-5,7-8H2,(H,16,19). The van der Waals surface area contributed by atoms with E-state index in [1.807, 2.05) is 10.9 Å². The van der Waals surface area contributed by atoms with E-state index in [1.54, 1.807) is 11.8 Å². The maximum absolute atomic E-state index is 12.2. The monoisotopic (exact) mass is 296 g/mol. The van der Waals surface area contributed by atoms with Crippen LogP contribution in [0.4, 0.5) is 0 Å². The van der Waals surface area contributed by atoms with Gasteiger partial charge in [0, 0.05) is 22.9 Å². The molecular weight excluding hydrogens is 276 g/mol. The number of carbonyl (C=O) groups is 1. The number of nitrogens with one attached hydrogen (secondary N) is 2. The summed E-state index contributed by atoms with van der Waals surface area (Å²) in [5, 5.41) is 19.7. The van der Waals surface area contributed by atoms with Gasteiger partial charge in [0.15, 0.2) is 0 Å². The molecule has 2 heterocycles. The van der Waals surface area contributed by atoms with Gasteiger partial charge in [-0.1, -0.05) is 0 Å². The van der Waals surface area contributed by atoms with Gasteiger partial charge in [-0.3, -0.25) is 14.8 Å². The fraction of sp³-hybridized carbons (Fsp3) is 0.692. The first kappa shape index (κ1) is 13.9. The molecule has 2 unspecified atom stereocenters. The van der Waals surface area contributed by atoms with Gasteiger partial charge in [-0.25, -0.2) is 0 Å². The van der Waals surface area contributed by atoms with Crippen LogP contribution in [0.1, 0.15) is 30.1 Å². The van der Waals surface area contributed by atoms with Crippen molar-refractivity contribution in [3.63, 3.8) is 0 Å². The molecular formula is C13H20N4O2S. The van der Waals surface area contributed by atoms with E-state index in [-0.39, 0.29) is 24.6 Å². The predicted molar refractivity (Wildman–Crippen MR) is 77.4 cm³/mol. The second kappa shape index (κ2) is 6.15. The first-order valence-electron chi connectivity index (χ1n) is 7.06. The lowest BCUT2D eigenvalue weighted by Gasteiger charge is -2.25. The molecule has 2 aliphatic rings. The van der Waals surface area contributed by atoms with Crippen molar-refractivity contribution < 1.29 is 9.90 Å². The SMILES string of the molecule is O=C(NC1CCCc2c1cnn2CCO)C1CSCN1. The van der Waals surface area contributed by atoms with Gasteiger partial charge in [0.1, 0.15) is 0 Å². The molecule has 1 saturated heterocycles. The van der Waals surface area contributed by atoms with E-state index >= 15 is 0 Å². The lowest BCUT2D eigenvalue weighted by Crippen LogP contribution is -2.44. The molecule has 0 radical (unpaired) electrons. The van der Waals surface area contributed by atoms with Gasteiger partial charge in [0.2, 0.25) is 5.91 Å². The zero-order valence-corrected chi connectivity index (χ0v) is 12.2. The molecule has 3 N–H and O–H groups in total. The summed E-state index contributed by atoms with van der Waals surface area (Å²) in [4.78, 5) is 12.2. The van der Waals surface area contributed by atoms with E-state index in [9.17, 15) is 4.79 Å². The molecule has 0 bridgehead atoms. The summed E-state index contributed by atoms with van der Waals surface area (Å²) in [5.41, 5.74) is 2.27. The van der Waals surface area contributed by atoms with E-state index in [0.29, 0.717) is 6.54 Å². The first-order chi connectivity index (χ1) is 9.79. The van der Waals surface area contributed by atoms with Crippen LogP contribution >= 0.6 is 11.8 Å². The second-order valence-corrected chi connectivity index (χ2v) is 6.25. The molecule has 3 rings (SSSR count). The fourth-order valence-electron chi connectivity index (χ4n) is 2.89. The molecule has 110 valence electrons. The van der Waals surface area contributed by atoms with Crippen molar-refractivity contribution in [2.45, 2.75) is 37.9 Å². The molecule has 0 aromatic carbocycles. The smallest absolute Gasteiger partial charge is 0.238 e. The Morgan fingerprint density at radius 1 is 1.65 bits per heavy atom. The van der Waals surface area contributed by atoms with E-state index in [0.717, 1.165) is 42.1 Å². The number of thioether (sulfide) groups is 1. The Bertz CT molecular complexity index is 485. The number of hydrogen-bond donors (Lipinski definition) is 3. The van der Waals surface area contributed by atoms with Crippen LogP contribution in [0.5, 0.6) is 0 Å². The number of carbonyl (C=O) groups excluding carboxylic acids is 1. The molecule has 1 amide bonds. The molecule has 1 aliphatic heterocycles. The summed E-state index contributed by atoms with van der Waals surface area (Å²) in [5.74, 6) is 1.78. The molecule has 1 fully saturated rings. The van der Waals surface area contributed by atoms with Crippen molar-refractivity contribution in [3.8, 4) is 0 Å². The normalized spacial score (nSPS) is 25.4. The lowest BCUT2D eigenvalue weighted by molar-refractivity contribution is -0.123. The quantitative estimate of drug-likeness (QED) is 0.731. The van der Waals surface area contributed by atoms with Crippen LogP contribution < -0.4 is 10.6 Å². The summed E-state index contributed by atoms with van der Waals surface area (Å²) in [6.07, 6.45) is 4.82. The maximum atomic E-state index is 12.2. The molecule has 20 heavy (non-hydrogen) atoms. The number of nitrogens with zero attached hydrogens (tertiary/aromatic N) is 2. The number of aliphatic hydroxyl groups excluding tert-OH is 1. The number of rotatable bonds is 4. The Morgan fingerprint density at radius 3 is 3.30 bits per heavy atom. The Kier molecular flexibility index (Phi) is 4.28. The summed E-state index contributed by atoms with van der Waals surface area (Å²) in [6, 6.07) is -0.0102. The third-order valence-electron chi connectivity index (χ3n) is 3.92. The number of aliphatic hydroxyl groups is 1. The molecule has 7 heteroatoms. The zero-order chi connectivity index (χ0) is 13.9. The average molecular weight is 296 g/mol. The number of hydrogen-bond acceptors (Lipinski definition) is 5. The Morgan fingerprint density at radius 2 is 2.55 bits per heavy atom. The highest BCUT2D eigenvalue weighted by molar-refractivity contribution is 7.99. The number of aromatic nitrogens is 2. The predicted octanol–water partition coefficient (Wildman–Crippen LogP) is 0.0315. The number of fused-ring (bicyclic) bond motifs is 1. The lowest BCUT2D eigenvalue weighted by atomic mass is 9.92. The molecule has 2 atom stereocenters. The van der Waals surface area contributed by atoms with E-state index in [4.69, 9.17) is 5.11 Å². The van der Waals surface area contributed by atoms with Crippen LogP contribution in [-0.2, 0) is 17.8 Å². The summed E-state index contributed by atoms with van der Waals surface area (Å²) in [7, 11) is 0. The topological polar surface area (TPSA) is 79.2 Å². The number of amides is 1. The van der Waals surface area contributed by atoms with E-state index in [1.165, 1.54) is 0 Å². The minimum Gasteiger partial charge on any atom is -0.394 e. The van der Waals surface area contributed by atoms with Crippen LogP contribution in [0.3, 0.4) is 0 Å². The third-order valence-corrected chi connectivity index (χ3v) is 4.86. The van der Waals surface area contributed by atoms with Crippen molar-refractivity contribution in [2.24, 2.45) is 0 Å². The van der Waals surface area contributed by atoms with Gasteiger partial charge >= 0.3 is 0 Å². The summed E-state index contributed by atoms with van der Waals surface area (Å²) < 4.78 is 1.86. The highest BCUT2D eigenvalue weighted by atomic mass is 32.2. The van der Waals surface area contributed by atoms with Gasteiger partial charge in [-0.05, 0) is 19.3 Å². The summed E-state index contributed by atoms with van der Waals surface area (Å²) >= 11 is 1.75. The van der Waals surface area contributed by atoms with Crippen molar-refractivity contribution in [2.75, 3.05) is 18.2 Å². The van der Waals surface area contributed by atoms with Gasteiger partial charge < -0.3 is 10.4 Å². The molecule has 0 spiro atoms. The second-order valence-electron chi connectivity index (χ2n) is 5.22. The maximum Gasteiger partial charge on any atom is 0.238 e. The summed E-state index contributed by atoms with van der Waals surface area (Å²) in [6.45, 7) is 0.616. The Balaban J connectivity index is 1.71.